The molecule has 0 aliphatic heterocycles. The van der Waals surface area contributed by atoms with E-state index in [1.54, 1.807) is 24.3 Å². The zero-order valence-corrected chi connectivity index (χ0v) is 20.1. The zero-order chi connectivity index (χ0) is 26.1. The maximum Gasteiger partial charge on any atom is 0.414 e. The fourth-order valence-corrected chi connectivity index (χ4v) is 2.91. The van der Waals surface area contributed by atoms with Gasteiger partial charge in [-0.15, -0.1) is 0 Å². The molecule has 36 heavy (non-hydrogen) atoms. The summed E-state index contributed by atoms with van der Waals surface area (Å²) >= 11 is 0. The molecule has 9 nitrogen and oxygen atoms in total. The van der Waals surface area contributed by atoms with Gasteiger partial charge in [-0.1, -0.05) is 48.0 Å². The molecule has 0 unspecified atom stereocenters. The van der Waals surface area contributed by atoms with E-state index in [0.29, 0.717) is 0 Å². The number of benzene rings is 3. The number of nitrogens with zero attached hydrogens (tertiary/aromatic N) is 1. The van der Waals surface area contributed by atoms with Crippen molar-refractivity contribution in [1.29, 1.82) is 0 Å². The quantitative estimate of drug-likeness (QED) is 0.283. The number of carbonyl (C=O) groups is 4. The summed E-state index contributed by atoms with van der Waals surface area (Å²) in [5.74, 6) is -1.32. The largest absolute Gasteiger partial charge is 0.445 e. The molecule has 0 spiro atoms. The van der Waals surface area contributed by atoms with Gasteiger partial charge >= 0.3 is 18.2 Å². The van der Waals surface area contributed by atoms with Crippen LogP contribution in [0.25, 0.3) is 0 Å². The fourth-order valence-electron chi connectivity index (χ4n) is 2.91. The van der Waals surface area contributed by atoms with Gasteiger partial charge in [-0.3, -0.25) is 4.79 Å². The number of rotatable bonds is 8. The molecule has 0 fully saturated rings. The van der Waals surface area contributed by atoms with Crippen molar-refractivity contribution in [3.05, 3.63) is 95.1 Å². The number of ketones is 1. The monoisotopic (exact) mass is 490 g/mol. The molecule has 3 aromatic rings. The molecule has 0 saturated carbocycles. The van der Waals surface area contributed by atoms with Gasteiger partial charge in [0.05, 0.1) is 12.1 Å². The molecule has 0 aromatic heterocycles. The second kappa shape index (κ2) is 12.2. The third kappa shape index (κ3) is 7.42. The highest BCUT2D eigenvalue weighted by atomic mass is 16.6. The average molecular weight is 491 g/mol. The molecule has 186 valence electrons. The van der Waals surface area contributed by atoms with E-state index in [1.807, 2.05) is 37.3 Å². The highest BCUT2D eigenvalue weighted by molar-refractivity contribution is 6.00. The number of esters is 1. The smallest absolute Gasteiger partial charge is 0.414 e. The van der Waals surface area contributed by atoms with Crippen molar-refractivity contribution in [2.45, 2.75) is 13.5 Å². The molecular formula is C27H26N2O7. The molecule has 0 bridgehead atoms. The van der Waals surface area contributed by atoms with Crippen LogP contribution in [0.3, 0.4) is 0 Å². The Hall–Kier alpha value is -4.66. The lowest BCUT2D eigenvalue weighted by Gasteiger charge is -2.15. The number of nitrogens with one attached hydrogen (secondary N) is 1. The predicted octanol–water partition coefficient (Wildman–Crippen LogP) is 4.38. The molecule has 0 atom stereocenters. The van der Waals surface area contributed by atoms with Crippen LogP contribution < -0.4 is 14.8 Å². The number of amides is 2. The van der Waals surface area contributed by atoms with Crippen molar-refractivity contribution in [3.63, 3.8) is 0 Å². The highest BCUT2D eigenvalue weighted by Crippen LogP contribution is 2.30. The van der Waals surface area contributed by atoms with Crippen LogP contribution in [-0.4, -0.2) is 49.5 Å². The maximum atomic E-state index is 12.7. The highest BCUT2D eigenvalue weighted by Gasteiger charge is 2.19. The third-order valence-corrected chi connectivity index (χ3v) is 4.92. The lowest BCUT2D eigenvalue weighted by atomic mass is 10.1. The van der Waals surface area contributed by atoms with Crippen molar-refractivity contribution < 1.29 is 33.4 Å². The molecule has 2 amide bonds. The molecule has 9 heteroatoms. The van der Waals surface area contributed by atoms with Crippen LogP contribution >= 0.6 is 0 Å². The van der Waals surface area contributed by atoms with Crippen molar-refractivity contribution >= 4 is 23.9 Å². The summed E-state index contributed by atoms with van der Waals surface area (Å²) in [6.07, 6.45) is -1.45. The van der Waals surface area contributed by atoms with Gasteiger partial charge in [0.1, 0.15) is 6.61 Å². The summed E-state index contributed by atoms with van der Waals surface area (Å²) in [6, 6.07) is 19.9. The first-order valence-corrected chi connectivity index (χ1v) is 11.0. The van der Waals surface area contributed by atoms with Crippen molar-refractivity contribution in [2.75, 3.05) is 20.6 Å². The molecule has 3 aromatic carbocycles. The van der Waals surface area contributed by atoms with Crippen molar-refractivity contribution in [1.82, 2.24) is 10.2 Å². The molecule has 0 radical (unpaired) electrons. The van der Waals surface area contributed by atoms with Gasteiger partial charge in [0, 0.05) is 19.7 Å². The standard InChI is InChI=1S/C27H26N2O7/c1-18-9-11-20(12-10-18)25(31)35-24-15-21(13-14-23(24)36-27(33)29(2)3)22(30)16-28-26(32)34-17-19-7-5-4-6-8-19/h4-15H,16-17H2,1-3H3,(H,28,32). The maximum absolute atomic E-state index is 12.7. The Bertz CT molecular complexity index is 1240. The summed E-state index contributed by atoms with van der Waals surface area (Å²) in [7, 11) is 3.00. The van der Waals surface area contributed by atoms with E-state index in [2.05, 4.69) is 5.32 Å². The molecule has 0 aliphatic carbocycles. The Morgan fingerprint density at radius 1 is 0.806 bits per heavy atom. The summed E-state index contributed by atoms with van der Waals surface area (Å²) in [6.45, 7) is 1.59. The molecule has 0 aliphatic rings. The number of alkyl carbamates (subject to hydrolysis) is 1. The zero-order valence-electron chi connectivity index (χ0n) is 20.1. The fraction of sp³-hybridized carbons (Fsp3) is 0.185. The number of hydrogen-bond acceptors (Lipinski definition) is 7. The van der Waals surface area contributed by atoms with Crippen LogP contribution in [0.1, 0.15) is 31.8 Å². The van der Waals surface area contributed by atoms with E-state index >= 15 is 0 Å². The average Bonchev–Trinajstić information content (AvgIpc) is 2.87. The number of Topliss-reactive ketones (excluding diaryl/α,β-unsaturated/α-hetero) is 1. The van der Waals surface area contributed by atoms with Gasteiger partial charge in [-0.25, -0.2) is 14.4 Å². The third-order valence-electron chi connectivity index (χ3n) is 4.92. The van der Waals surface area contributed by atoms with Crippen molar-refractivity contribution in [2.24, 2.45) is 0 Å². The second-order valence-electron chi connectivity index (χ2n) is 8.02. The predicted molar refractivity (Wildman–Crippen MR) is 131 cm³/mol. The number of aryl methyl sites for hydroxylation is 1. The van der Waals surface area contributed by atoms with E-state index in [4.69, 9.17) is 14.2 Å². The van der Waals surface area contributed by atoms with E-state index < -0.39 is 23.9 Å². The number of ether oxygens (including phenoxy) is 3. The van der Waals surface area contributed by atoms with Gasteiger partial charge in [0.15, 0.2) is 17.3 Å². The van der Waals surface area contributed by atoms with Crippen LogP contribution in [0.2, 0.25) is 0 Å². The van der Waals surface area contributed by atoms with Crippen LogP contribution in [0.4, 0.5) is 9.59 Å². The van der Waals surface area contributed by atoms with Gasteiger partial charge in [-0.05, 0) is 42.8 Å². The Morgan fingerprint density at radius 2 is 1.47 bits per heavy atom. The SMILES string of the molecule is Cc1ccc(C(=O)Oc2cc(C(=O)CNC(=O)OCc3ccccc3)ccc2OC(=O)N(C)C)cc1. The summed E-state index contributed by atoms with van der Waals surface area (Å²) in [5, 5.41) is 2.39. The topological polar surface area (TPSA) is 111 Å². The molecule has 3 rings (SSSR count). The minimum Gasteiger partial charge on any atom is -0.445 e. The van der Waals surface area contributed by atoms with E-state index in [1.165, 1.54) is 37.2 Å². The summed E-state index contributed by atoms with van der Waals surface area (Å²) < 4.78 is 15.8. The van der Waals surface area contributed by atoms with E-state index in [9.17, 15) is 19.2 Å². The molecule has 1 N–H and O–H groups in total. The second-order valence-corrected chi connectivity index (χ2v) is 8.02. The Morgan fingerprint density at radius 3 is 2.14 bits per heavy atom. The molecule has 0 saturated heterocycles. The van der Waals surface area contributed by atoms with Gasteiger partial charge in [0.25, 0.3) is 0 Å². The van der Waals surface area contributed by atoms with Crippen molar-refractivity contribution in [3.8, 4) is 11.5 Å². The lowest BCUT2D eigenvalue weighted by molar-refractivity contribution is 0.0727. The Kier molecular flexibility index (Phi) is 8.77. The van der Waals surface area contributed by atoms with E-state index in [0.717, 1.165) is 11.1 Å². The van der Waals surface area contributed by atoms with Crippen LogP contribution in [-0.2, 0) is 11.3 Å². The van der Waals surface area contributed by atoms with Crippen LogP contribution in [0.5, 0.6) is 11.5 Å². The van der Waals surface area contributed by atoms with Gasteiger partial charge in [-0.2, -0.15) is 0 Å². The Balaban J connectivity index is 1.70. The minimum atomic E-state index is -0.755. The summed E-state index contributed by atoms with van der Waals surface area (Å²) in [4.78, 5) is 50.6. The van der Waals surface area contributed by atoms with E-state index in [-0.39, 0.29) is 35.8 Å². The number of hydrogen-bond donors (Lipinski definition) is 1. The summed E-state index contributed by atoms with van der Waals surface area (Å²) in [5.41, 5.74) is 2.19. The number of carbonyl (C=O) groups excluding carboxylic acids is 4. The van der Waals surface area contributed by atoms with Crippen LogP contribution in [0.15, 0.2) is 72.8 Å². The first-order chi connectivity index (χ1) is 17.2. The molecular weight excluding hydrogens is 464 g/mol. The lowest BCUT2D eigenvalue weighted by Crippen LogP contribution is -2.30. The first kappa shape index (κ1) is 26.0. The first-order valence-electron chi connectivity index (χ1n) is 11.0. The Labute approximate surface area is 208 Å². The van der Waals surface area contributed by atoms with Gasteiger partial charge in [0.2, 0.25) is 0 Å². The normalized spacial score (nSPS) is 10.2. The minimum absolute atomic E-state index is 0.0408. The van der Waals surface area contributed by atoms with Crippen LogP contribution in [0, 0.1) is 6.92 Å². The van der Waals surface area contributed by atoms with Gasteiger partial charge < -0.3 is 24.4 Å². The molecule has 0 heterocycles.